The summed E-state index contributed by atoms with van der Waals surface area (Å²) in [5.74, 6) is 1.03. The Hall–Kier alpha value is -1.51. The van der Waals surface area contributed by atoms with E-state index >= 15 is 0 Å². The molecule has 0 spiro atoms. The lowest BCUT2D eigenvalue weighted by molar-refractivity contribution is -0.121. The van der Waals surface area contributed by atoms with Crippen molar-refractivity contribution in [2.75, 3.05) is 13.7 Å². The Morgan fingerprint density at radius 3 is 2.56 bits per heavy atom. The van der Waals surface area contributed by atoms with Gasteiger partial charge in [-0.15, -0.1) is 0 Å². The minimum atomic E-state index is 0.125. The number of amides is 1. The van der Waals surface area contributed by atoms with Crippen molar-refractivity contribution in [3.63, 3.8) is 0 Å². The van der Waals surface area contributed by atoms with Gasteiger partial charge in [0, 0.05) is 13.0 Å². The van der Waals surface area contributed by atoms with Crippen molar-refractivity contribution in [3.8, 4) is 5.75 Å². The van der Waals surface area contributed by atoms with Crippen LogP contribution in [0.15, 0.2) is 12.1 Å². The molecule has 0 unspecified atom stereocenters. The zero-order valence-electron chi connectivity index (χ0n) is 11.8. The highest BCUT2D eigenvalue weighted by molar-refractivity contribution is 5.75. The van der Waals surface area contributed by atoms with Crippen molar-refractivity contribution in [1.29, 1.82) is 0 Å². The van der Waals surface area contributed by atoms with Gasteiger partial charge >= 0.3 is 0 Å². The lowest BCUT2D eigenvalue weighted by atomic mass is 10.0. The Labute approximate surface area is 110 Å². The third-order valence-electron chi connectivity index (χ3n) is 3.09. The SMILES string of the molecule is CCCC(=O)NCCc1cc(C)c(C)cc1OC. The highest BCUT2D eigenvalue weighted by Gasteiger charge is 2.06. The van der Waals surface area contributed by atoms with Gasteiger partial charge in [0.05, 0.1) is 7.11 Å². The first-order valence-corrected chi connectivity index (χ1v) is 6.49. The van der Waals surface area contributed by atoms with Gasteiger partial charge in [0.2, 0.25) is 5.91 Å². The number of benzene rings is 1. The van der Waals surface area contributed by atoms with E-state index in [1.165, 1.54) is 11.1 Å². The average Bonchev–Trinajstić information content (AvgIpc) is 2.33. The molecule has 0 aliphatic carbocycles. The molecule has 1 amide bonds. The molecule has 1 N–H and O–H groups in total. The molecule has 18 heavy (non-hydrogen) atoms. The van der Waals surface area contributed by atoms with Crippen molar-refractivity contribution < 1.29 is 9.53 Å². The summed E-state index contributed by atoms with van der Waals surface area (Å²) in [6, 6.07) is 4.19. The van der Waals surface area contributed by atoms with Crippen LogP contribution < -0.4 is 10.1 Å². The van der Waals surface area contributed by atoms with Gasteiger partial charge in [0.25, 0.3) is 0 Å². The molecule has 0 aromatic heterocycles. The summed E-state index contributed by atoms with van der Waals surface area (Å²) in [4.78, 5) is 11.4. The third-order valence-corrected chi connectivity index (χ3v) is 3.09. The van der Waals surface area contributed by atoms with E-state index in [1.54, 1.807) is 7.11 Å². The number of hydrogen-bond donors (Lipinski definition) is 1. The monoisotopic (exact) mass is 249 g/mol. The largest absolute Gasteiger partial charge is 0.496 e. The third kappa shape index (κ3) is 4.06. The summed E-state index contributed by atoms with van der Waals surface area (Å²) in [6.45, 7) is 6.84. The topological polar surface area (TPSA) is 38.3 Å². The molecule has 1 aromatic rings. The van der Waals surface area contributed by atoms with E-state index in [-0.39, 0.29) is 5.91 Å². The standard InChI is InChI=1S/C15H23NO2/c1-5-6-15(17)16-8-7-13-9-11(2)12(3)10-14(13)18-4/h9-10H,5-8H2,1-4H3,(H,16,17). The fraction of sp³-hybridized carbons (Fsp3) is 0.533. The molecule has 0 bridgehead atoms. The van der Waals surface area contributed by atoms with E-state index < -0.39 is 0 Å². The van der Waals surface area contributed by atoms with E-state index in [0.717, 1.165) is 24.2 Å². The minimum Gasteiger partial charge on any atom is -0.496 e. The molecule has 0 atom stereocenters. The summed E-state index contributed by atoms with van der Waals surface area (Å²) >= 11 is 0. The molecule has 0 saturated carbocycles. The van der Waals surface area contributed by atoms with Crippen LogP contribution in [0.5, 0.6) is 5.75 Å². The van der Waals surface area contributed by atoms with Gasteiger partial charge in [-0.2, -0.15) is 0 Å². The van der Waals surface area contributed by atoms with Gasteiger partial charge in [0.1, 0.15) is 5.75 Å². The second-order valence-corrected chi connectivity index (χ2v) is 4.60. The van der Waals surface area contributed by atoms with Crippen LogP contribution in [0.2, 0.25) is 0 Å². The lowest BCUT2D eigenvalue weighted by Crippen LogP contribution is -2.25. The van der Waals surface area contributed by atoms with E-state index in [1.807, 2.05) is 6.92 Å². The van der Waals surface area contributed by atoms with E-state index in [0.29, 0.717) is 13.0 Å². The van der Waals surface area contributed by atoms with Crippen molar-refractivity contribution >= 4 is 5.91 Å². The zero-order valence-corrected chi connectivity index (χ0v) is 11.8. The lowest BCUT2D eigenvalue weighted by Gasteiger charge is -2.12. The predicted molar refractivity (Wildman–Crippen MR) is 74.1 cm³/mol. The van der Waals surface area contributed by atoms with Crippen molar-refractivity contribution in [2.45, 2.75) is 40.0 Å². The molecule has 1 rings (SSSR count). The smallest absolute Gasteiger partial charge is 0.219 e. The predicted octanol–water partition coefficient (Wildman–Crippen LogP) is 2.77. The molecule has 3 heteroatoms. The number of aryl methyl sites for hydroxylation is 2. The maximum Gasteiger partial charge on any atom is 0.219 e. The molecule has 0 saturated heterocycles. The number of hydrogen-bond acceptors (Lipinski definition) is 2. The molecule has 0 aliphatic heterocycles. The number of methoxy groups -OCH3 is 1. The molecular weight excluding hydrogens is 226 g/mol. The Morgan fingerprint density at radius 1 is 1.28 bits per heavy atom. The summed E-state index contributed by atoms with van der Waals surface area (Å²) < 4.78 is 5.37. The molecule has 1 aromatic carbocycles. The van der Waals surface area contributed by atoms with Gasteiger partial charge in [-0.1, -0.05) is 13.0 Å². The van der Waals surface area contributed by atoms with Gasteiger partial charge in [-0.3, -0.25) is 4.79 Å². The van der Waals surface area contributed by atoms with Crippen LogP contribution in [0.1, 0.15) is 36.5 Å². The quantitative estimate of drug-likeness (QED) is 0.842. The highest BCUT2D eigenvalue weighted by atomic mass is 16.5. The fourth-order valence-electron chi connectivity index (χ4n) is 1.89. The number of carbonyl (C=O) groups excluding carboxylic acids is 1. The summed E-state index contributed by atoms with van der Waals surface area (Å²) in [5, 5.41) is 2.92. The average molecular weight is 249 g/mol. The first-order valence-electron chi connectivity index (χ1n) is 6.49. The summed E-state index contributed by atoms with van der Waals surface area (Å²) in [5.41, 5.74) is 3.63. The Morgan fingerprint density at radius 2 is 1.94 bits per heavy atom. The Bertz CT molecular complexity index is 413. The maximum absolute atomic E-state index is 11.4. The first kappa shape index (κ1) is 14.6. The normalized spacial score (nSPS) is 10.2. The Balaban J connectivity index is 2.61. The van der Waals surface area contributed by atoms with Gasteiger partial charge < -0.3 is 10.1 Å². The number of ether oxygens (including phenoxy) is 1. The number of carbonyl (C=O) groups is 1. The molecule has 0 radical (unpaired) electrons. The molecule has 0 aliphatic rings. The molecular formula is C15H23NO2. The second-order valence-electron chi connectivity index (χ2n) is 4.60. The van der Waals surface area contributed by atoms with Crippen LogP contribution >= 0.6 is 0 Å². The van der Waals surface area contributed by atoms with Gasteiger partial charge in [0.15, 0.2) is 0 Å². The van der Waals surface area contributed by atoms with Crippen LogP contribution in [0.4, 0.5) is 0 Å². The van der Waals surface area contributed by atoms with E-state index in [2.05, 4.69) is 31.3 Å². The van der Waals surface area contributed by atoms with Crippen molar-refractivity contribution in [2.24, 2.45) is 0 Å². The molecule has 0 fully saturated rings. The van der Waals surface area contributed by atoms with Crippen LogP contribution in [0, 0.1) is 13.8 Å². The van der Waals surface area contributed by atoms with Gasteiger partial charge in [-0.05, 0) is 49.4 Å². The maximum atomic E-state index is 11.4. The molecule has 0 heterocycles. The minimum absolute atomic E-state index is 0.125. The van der Waals surface area contributed by atoms with Crippen LogP contribution in [-0.4, -0.2) is 19.6 Å². The summed E-state index contributed by atoms with van der Waals surface area (Å²) in [7, 11) is 1.68. The summed E-state index contributed by atoms with van der Waals surface area (Å²) in [6.07, 6.45) is 2.29. The Kier molecular flexibility index (Phi) is 5.69. The second kappa shape index (κ2) is 7.04. The zero-order chi connectivity index (χ0) is 13.5. The number of rotatable bonds is 6. The first-order chi connectivity index (χ1) is 8.58. The van der Waals surface area contributed by atoms with Crippen LogP contribution in [0.3, 0.4) is 0 Å². The fourth-order valence-corrected chi connectivity index (χ4v) is 1.89. The van der Waals surface area contributed by atoms with E-state index in [4.69, 9.17) is 4.74 Å². The molecule has 100 valence electrons. The van der Waals surface area contributed by atoms with Crippen LogP contribution in [-0.2, 0) is 11.2 Å². The van der Waals surface area contributed by atoms with E-state index in [9.17, 15) is 4.79 Å². The van der Waals surface area contributed by atoms with Crippen LogP contribution in [0.25, 0.3) is 0 Å². The van der Waals surface area contributed by atoms with Gasteiger partial charge in [-0.25, -0.2) is 0 Å². The highest BCUT2D eigenvalue weighted by Crippen LogP contribution is 2.23. The van der Waals surface area contributed by atoms with Crippen molar-refractivity contribution in [1.82, 2.24) is 5.32 Å². The number of nitrogens with one attached hydrogen (secondary N) is 1. The molecule has 3 nitrogen and oxygen atoms in total. The van der Waals surface area contributed by atoms with Crippen molar-refractivity contribution in [3.05, 3.63) is 28.8 Å².